The number of fused-ring (bicyclic) bond motifs is 5. The molecule has 2 fully saturated rings. The molecular weight excluding hydrogens is 308 g/mol. The SMILES string of the molecule is C#CC1(O)C=C2CC[C@@H]3[C@H](CC[C@@]4(CC)[C@H]3C=C[C@@]4(O)C#C)C2CC1. The van der Waals surface area contributed by atoms with Crippen molar-refractivity contribution >= 4 is 0 Å². The van der Waals surface area contributed by atoms with Gasteiger partial charge in [-0.2, -0.15) is 0 Å². The first kappa shape index (κ1) is 17.0. The molecule has 0 aromatic carbocycles. The topological polar surface area (TPSA) is 40.5 Å². The van der Waals surface area contributed by atoms with Gasteiger partial charge in [0.05, 0.1) is 0 Å². The minimum atomic E-state index is -1.09. The second-order valence-corrected chi connectivity index (χ2v) is 8.64. The van der Waals surface area contributed by atoms with Crippen molar-refractivity contribution in [3.05, 3.63) is 23.8 Å². The Kier molecular flexibility index (Phi) is 3.74. The maximum absolute atomic E-state index is 11.1. The van der Waals surface area contributed by atoms with Crippen LogP contribution in [0.5, 0.6) is 0 Å². The molecule has 0 saturated heterocycles. The number of terminal acetylenes is 2. The van der Waals surface area contributed by atoms with Crippen LogP contribution in [0, 0.1) is 53.8 Å². The first-order valence-electron chi connectivity index (χ1n) is 9.73. The summed E-state index contributed by atoms with van der Waals surface area (Å²) in [5.74, 6) is 7.37. The third kappa shape index (κ3) is 2.14. The number of hydrogen-bond donors (Lipinski definition) is 2. The molecule has 4 aliphatic rings. The molecule has 0 heterocycles. The minimum absolute atomic E-state index is 0.196. The summed E-state index contributed by atoms with van der Waals surface area (Å²) >= 11 is 0. The van der Waals surface area contributed by atoms with E-state index in [1.165, 1.54) is 5.57 Å². The van der Waals surface area contributed by atoms with Crippen LogP contribution in [0.1, 0.15) is 51.9 Å². The first-order chi connectivity index (χ1) is 11.9. The molecule has 2 unspecified atom stereocenters. The average molecular weight is 336 g/mol. The molecule has 0 aromatic rings. The van der Waals surface area contributed by atoms with Crippen LogP contribution >= 0.6 is 0 Å². The monoisotopic (exact) mass is 336 g/mol. The van der Waals surface area contributed by atoms with Gasteiger partial charge in [0, 0.05) is 5.41 Å². The van der Waals surface area contributed by atoms with Gasteiger partial charge < -0.3 is 10.2 Å². The van der Waals surface area contributed by atoms with Crippen molar-refractivity contribution < 1.29 is 10.2 Å². The van der Waals surface area contributed by atoms with Gasteiger partial charge in [-0.1, -0.05) is 30.4 Å². The number of allylic oxidation sites excluding steroid dienone is 2. The van der Waals surface area contributed by atoms with Gasteiger partial charge in [0.15, 0.2) is 0 Å². The highest BCUT2D eigenvalue weighted by Gasteiger charge is 2.61. The van der Waals surface area contributed by atoms with Gasteiger partial charge in [-0.15, -0.1) is 12.8 Å². The van der Waals surface area contributed by atoms with Crippen LogP contribution in [0.4, 0.5) is 0 Å². The second-order valence-electron chi connectivity index (χ2n) is 8.64. The van der Waals surface area contributed by atoms with E-state index >= 15 is 0 Å². The van der Waals surface area contributed by atoms with Crippen molar-refractivity contribution in [1.29, 1.82) is 0 Å². The zero-order chi connectivity index (χ0) is 17.9. The van der Waals surface area contributed by atoms with E-state index in [1.807, 2.05) is 12.2 Å². The van der Waals surface area contributed by atoms with Gasteiger partial charge in [0.25, 0.3) is 0 Å². The van der Waals surface area contributed by atoms with Gasteiger partial charge in [-0.05, 0) is 80.8 Å². The summed E-state index contributed by atoms with van der Waals surface area (Å²) in [6, 6.07) is 0. The molecule has 0 aromatic heterocycles. The fourth-order valence-electron chi connectivity index (χ4n) is 6.67. The Morgan fingerprint density at radius 3 is 2.60 bits per heavy atom. The summed E-state index contributed by atoms with van der Waals surface area (Å²) < 4.78 is 0. The van der Waals surface area contributed by atoms with Crippen molar-refractivity contribution in [2.45, 2.75) is 63.1 Å². The molecule has 7 atom stereocenters. The fourth-order valence-corrected chi connectivity index (χ4v) is 6.67. The molecular formula is C23H28O2. The standard InChI is InChI=1S/C23H28O2/c1-4-21(24)12-9-17-16(15-21)7-8-19-18(17)10-13-22(5-2)20(19)11-14-23(22,25)6-3/h1,3,11,14-15,17-20,24-25H,5,7-10,12-13H2,2H3/t17?,18-,19-,20+,21?,22+,23+/m1/s1. The Morgan fingerprint density at radius 1 is 1.12 bits per heavy atom. The molecule has 0 bridgehead atoms. The predicted molar refractivity (Wildman–Crippen MR) is 99.2 cm³/mol. The van der Waals surface area contributed by atoms with Gasteiger partial charge >= 0.3 is 0 Å². The molecule has 0 spiro atoms. The minimum Gasteiger partial charge on any atom is -0.374 e. The van der Waals surface area contributed by atoms with Crippen LogP contribution in [0.2, 0.25) is 0 Å². The van der Waals surface area contributed by atoms with Crippen LogP contribution < -0.4 is 0 Å². The van der Waals surface area contributed by atoms with E-state index in [0.29, 0.717) is 30.1 Å². The fraction of sp³-hybridized carbons (Fsp3) is 0.652. The van der Waals surface area contributed by atoms with Crippen LogP contribution in [0.25, 0.3) is 0 Å². The molecule has 4 aliphatic carbocycles. The van der Waals surface area contributed by atoms with Crippen LogP contribution in [0.3, 0.4) is 0 Å². The zero-order valence-electron chi connectivity index (χ0n) is 15.0. The van der Waals surface area contributed by atoms with E-state index in [-0.39, 0.29) is 5.41 Å². The first-order valence-corrected chi connectivity index (χ1v) is 9.73. The predicted octanol–water partition coefficient (Wildman–Crippen LogP) is 3.45. The highest BCUT2D eigenvalue weighted by molar-refractivity contribution is 5.37. The van der Waals surface area contributed by atoms with Gasteiger partial charge in [-0.3, -0.25) is 0 Å². The molecule has 2 saturated carbocycles. The Hall–Kier alpha value is -1.48. The number of aliphatic hydroxyl groups is 2. The smallest absolute Gasteiger partial charge is 0.149 e. The van der Waals surface area contributed by atoms with Crippen molar-refractivity contribution in [1.82, 2.24) is 0 Å². The molecule has 2 N–H and O–H groups in total. The molecule has 4 rings (SSSR count). The highest BCUT2D eigenvalue weighted by Crippen LogP contribution is 2.64. The van der Waals surface area contributed by atoms with Crippen molar-refractivity contribution in [2.24, 2.45) is 29.1 Å². The zero-order valence-corrected chi connectivity index (χ0v) is 15.0. The third-order valence-electron chi connectivity index (χ3n) is 8.00. The number of rotatable bonds is 1. The van der Waals surface area contributed by atoms with Crippen LogP contribution in [0.15, 0.2) is 23.8 Å². The maximum atomic E-state index is 11.1. The van der Waals surface area contributed by atoms with Crippen LogP contribution in [-0.2, 0) is 0 Å². The lowest BCUT2D eigenvalue weighted by atomic mass is 9.49. The quantitative estimate of drug-likeness (QED) is 0.569. The summed E-state index contributed by atoms with van der Waals surface area (Å²) in [5.41, 5.74) is -0.967. The van der Waals surface area contributed by atoms with Gasteiger partial charge in [0.1, 0.15) is 11.2 Å². The van der Waals surface area contributed by atoms with E-state index in [9.17, 15) is 10.2 Å². The van der Waals surface area contributed by atoms with Crippen LogP contribution in [-0.4, -0.2) is 21.4 Å². The second kappa shape index (κ2) is 5.51. The van der Waals surface area contributed by atoms with E-state index in [4.69, 9.17) is 12.8 Å². The summed E-state index contributed by atoms with van der Waals surface area (Å²) in [6.07, 6.45) is 24.1. The Morgan fingerprint density at radius 2 is 1.92 bits per heavy atom. The summed E-state index contributed by atoms with van der Waals surface area (Å²) in [7, 11) is 0. The molecule has 0 aliphatic heterocycles. The maximum Gasteiger partial charge on any atom is 0.149 e. The highest BCUT2D eigenvalue weighted by atomic mass is 16.3. The molecule has 25 heavy (non-hydrogen) atoms. The Labute approximate surface area is 151 Å². The van der Waals surface area contributed by atoms with Gasteiger partial charge in [0.2, 0.25) is 0 Å². The summed E-state index contributed by atoms with van der Waals surface area (Å²) in [4.78, 5) is 0. The van der Waals surface area contributed by atoms with E-state index in [1.54, 1.807) is 0 Å². The van der Waals surface area contributed by atoms with E-state index in [0.717, 1.165) is 38.5 Å². The molecule has 0 radical (unpaired) electrons. The summed E-state index contributed by atoms with van der Waals surface area (Å²) in [6.45, 7) is 2.17. The van der Waals surface area contributed by atoms with E-state index in [2.05, 4.69) is 24.8 Å². The normalized spacial score (nSPS) is 50.7. The Bertz CT molecular complexity index is 719. The average Bonchev–Trinajstić information content (AvgIpc) is 2.95. The molecule has 132 valence electrons. The molecule has 0 amide bonds. The van der Waals surface area contributed by atoms with Crippen molar-refractivity contribution in [3.8, 4) is 24.7 Å². The van der Waals surface area contributed by atoms with Crippen molar-refractivity contribution in [3.63, 3.8) is 0 Å². The lowest BCUT2D eigenvalue weighted by Crippen LogP contribution is -2.54. The molecule has 2 nitrogen and oxygen atoms in total. The number of hydrogen-bond acceptors (Lipinski definition) is 2. The lowest BCUT2D eigenvalue weighted by molar-refractivity contribution is -0.0890. The Balaban J connectivity index is 1.66. The largest absolute Gasteiger partial charge is 0.374 e. The molecule has 2 heteroatoms. The van der Waals surface area contributed by atoms with Crippen molar-refractivity contribution in [2.75, 3.05) is 0 Å². The summed E-state index contributed by atoms with van der Waals surface area (Å²) in [5, 5.41) is 21.5. The van der Waals surface area contributed by atoms with Gasteiger partial charge in [-0.25, -0.2) is 0 Å². The lowest BCUT2D eigenvalue weighted by Gasteiger charge is -2.56. The third-order valence-corrected chi connectivity index (χ3v) is 8.00. The van der Waals surface area contributed by atoms with E-state index < -0.39 is 11.2 Å².